The molecule has 0 atom stereocenters. The Labute approximate surface area is 197 Å². The van der Waals surface area contributed by atoms with Crippen molar-refractivity contribution in [3.05, 3.63) is 86.3 Å². The average Bonchev–Trinajstić information content (AvgIpc) is 2.85. The van der Waals surface area contributed by atoms with Crippen molar-refractivity contribution in [2.45, 2.75) is 13.1 Å². The van der Waals surface area contributed by atoms with E-state index in [1.807, 2.05) is 0 Å². The molecule has 2 aromatic heterocycles. The Bertz CT molecular complexity index is 1530. The highest BCUT2D eigenvalue weighted by Gasteiger charge is 2.19. The van der Waals surface area contributed by atoms with Crippen LogP contribution in [0.3, 0.4) is 0 Å². The molecular formula is C23H18ClN5O5. The summed E-state index contributed by atoms with van der Waals surface area (Å²) in [6, 6.07) is 11.9. The lowest BCUT2D eigenvalue weighted by molar-refractivity contribution is -0.116. The molecule has 11 heteroatoms. The molecule has 1 N–H and O–H groups in total. The van der Waals surface area contributed by atoms with Gasteiger partial charge in [-0.3, -0.25) is 18.7 Å². The maximum atomic E-state index is 13.3. The summed E-state index contributed by atoms with van der Waals surface area (Å²) in [5, 5.41) is 3.15. The summed E-state index contributed by atoms with van der Waals surface area (Å²) >= 11 is 6.23. The number of ether oxygens (including phenoxy) is 2. The lowest BCUT2D eigenvalue weighted by Crippen LogP contribution is -2.42. The number of hydrogen-bond donors (Lipinski definition) is 1. The van der Waals surface area contributed by atoms with Gasteiger partial charge in [0.25, 0.3) is 5.56 Å². The fourth-order valence-corrected chi connectivity index (χ4v) is 3.87. The van der Waals surface area contributed by atoms with Crippen LogP contribution in [0, 0.1) is 0 Å². The Hall–Kier alpha value is -4.18. The summed E-state index contributed by atoms with van der Waals surface area (Å²) < 4.78 is 13.1. The minimum Gasteiger partial charge on any atom is -0.486 e. The van der Waals surface area contributed by atoms with Crippen LogP contribution < -0.4 is 26.0 Å². The van der Waals surface area contributed by atoms with Gasteiger partial charge >= 0.3 is 5.69 Å². The van der Waals surface area contributed by atoms with Crippen molar-refractivity contribution in [1.29, 1.82) is 0 Å². The van der Waals surface area contributed by atoms with Crippen molar-refractivity contribution in [3.63, 3.8) is 0 Å². The highest BCUT2D eigenvalue weighted by molar-refractivity contribution is 6.31. The predicted molar refractivity (Wildman–Crippen MR) is 125 cm³/mol. The van der Waals surface area contributed by atoms with Crippen molar-refractivity contribution in [2.75, 3.05) is 18.5 Å². The second-order valence-electron chi connectivity index (χ2n) is 7.49. The van der Waals surface area contributed by atoms with Gasteiger partial charge in [0.05, 0.1) is 6.54 Å². The number of amides is 1. The quantitative estimate of drug-likeness (QED) is 0.465. The third kappa shape index (κ3) is 4.11. The van der Waals surface area contributed by atoms with Crippen LogP contribution in [0.5, 0.6) is 11.5 Å². The zero-order valence-corrected chi connectivity index (χ0v) is 18.5. The summed E-state index contributed by atoms with van der Waals surface area (Å²) in [4.78, 5) is 47.4. The van der Waals surface area contributed by atoms with Gasteiger partial charge in [0.2, 0.25) is 5.91 Å². The monoisotopic (exact) mass is 479 g/mol. The van der Waals surface area contributed by atoms with Crippen molar-refractivity contribution in [3.8, 4) is 11.5 Å². The SMILES string of the molecule is O=C(Cn1c(=O)n(Cc2ccccc2Cl)c(=O)c2nccnc21)Nc1ccc2c(c1)OCCO2. The van der Waals surface area contributed by atoms with Crippen molar-refractivity contribution in [2.24, 2.45) is 0 Å². The van der Waals surface area contributed by atoms with Crippen LogP contribution in [0.1, 0.15) is 5.56 Å². The Morgan fingerprint density at radius 2 is 1.76 bits per heavy atom. The molecule has 0 spiro atoms. The van der Waals surface area contributed by atoms with Crippen molar-refractivity contribution in [1.82, 2.24) is 19.1 Å². The highest BCUT2D eigenvalue weighted by Crippen LogP contribution is 2.32. The molecule has 172 valence electrons. The Kier molecular flexibility index (Phi) is 5.72. The van der Waals surface area contributed by atoms with Crippen LogP contribution in [0.2, 0.25) is 5.02 Å². The fourth-order valence-electron chi connectivity index (χ4n) is 3.67. The van der Waals surface area contributed by atoms with Crippen LogP contribution in [-0.2, 0) is 17.9 Å². The number of nitrogens with zero attached hydrogens (tertiary/aromatic N) is 4. The Morgan fingerprint density at radius 3 is 2.59 bits per heavy atom. The third-order valence-electron chi connectivity index (χ3n) is 5.26. The molecule has 0 radical (unpaired) electrons. The number of fused-ring (bicyclic) bond motifs is 2. The fraction of sp³-hybridized carbons (Fsp3) is 0.174. The molecule has 0 saturated carbocycles. The molecule has 3 heterocycles. The van der Waals surface area contributed by atoms with E-state index in [4.69, 9.17) is 21.1 Å². The molecular weight excluding hydrogens is 462 g/mol. The molecule has 1 amide bonds. The number of rotatable bonds is 5. The summed E-state index contributed by atoms with van der Waals surface area (Å²) in [7, 11) is 0. The molecule has 0 saturated heterocycles. The predicted octanol–water partition coefficient (Wildman–Crippen LogP) is 2.06. The number of benzene rings is 2. The topological polar surface area (TPSA) is 117 Å². The Balaban J connectivity index is 1.50. The molecule has 1 aliphatic rings. The third-order valence-corrected chi connectivity index (χ3v) is 5.63. The first kappa shape index (κ1) is 21.7. The van der Waals surface area contributed by atoms with Crippen LogP contribution in [0.25, 0.3) is 11.2 Å². The Morgan fingerprint density at radius 1 is 1.00 bits per heavy atom. The van der Waals surface area contributed by atoms with Crippen molar-refractivity contribution >= 4 is 34.4 Å². The molecule has 0 bridgehead atoms. The summed E-state index contributed by atoms with van der Waals surface area (Å²) in [5.74, 6) is 0.618. The number of hydrogen-bond acceptors (Lipinski definition) is 7. The number of aromatic nitrogens is 4. The minimum atomic E-state index is -0.699. The van der Waals surface area contributed by atoms with E-state index >= 15 is 0 Å². The first-order valence-electron chi connectivity index (χ1n) is 10.4. The molecule has 5 rings (SSSR count). The van der Waals surface area contributed by atoms with Gasteiger partial charge in [-0.2, -0.15) is 0 Å². The molecule has 34 heavy (non-hydrogen) atoms. The lowest BCUT2D eigenvalue weighted by atomic mass is 10.2. The summed E-state index contributed by atoms with van der Waals surface area (Å²) in [5.41, 5.74) is -0.265. The van der Waals surface area contributed by atoms with Crippen molar-refractivity contribution < 1.29 is 14.3 Å². The van der Waals surface area contributed by atoms with Crippen LogP contribution in [0.4, 0.5) is 5.69 Å². The molecule has 1 aliphatic heterocycles. The zero-order valence-electron chi connectivity index (χ0n) is 17.7. The molecule has 4 aromatic rings. The number of nitrogens with one attached hydrogen (secondary N) is 1. The largest absolute Gasteiger partial charge is 0.486 e. The normalized spacial score (nSPS) is 12.5. The van der Waals surface area contributed by atoms with Gasteiger partial charge < -0.3 is 14.8 Å². The van der Waals surface area contributed by atoms with Crippen LogP contribution in [-0.4, -0.2) is 38.2 Å². The highest BCUT2D eigenvalue weighted by atomic mass is 35.5. The maximum Gasteiger partial charge on any atom is 0.333 e. The van der Waals surface area contributed by atoms with Gasteiger partial charge in [-0.1, -0.05) is 29.8 Å². The molecule has 0 fully saturated rings. The second kappa shape index (κ2) is 8.99. The summed E-state index contributed by atoms with van der Waals surface area (Å²) in [6.07, 6.45) is 2.71. The van der Waals surface area contributed by atoms with E-state index in [0.29, 0.717) is 41.0 Å². The number of carbonyl (C=O) groups is 1. The molecule has 0 aliphatic carbocycles. The molecule has 0 unspecified atom stereocenters. The van der Waals surface area contributed by atoms with Gasteiger partial charge in [0.15, 0.2) is 22.7 Å². The van der Waals surface area contributed by atoms with Gasteiger partial charge in [0.1, 0.15) is 19.8 Å². The second-order valence-corrected chi connectivity index (χ2v) is 7.89. The minimum absolute atomic E-state index is 0.0187. The lowest BCUT2D eigenvalue weighted by Gasteiger charge is -2.19. The summed E-state index contributed by atoms with van der Waals surface area (Å²) in [6.45, 7) is 0.413. The standard InChI is InChI=1S/C23H18ClN5O5/c24-16-4-2-1-3-14(16)12-29-22(31)20-21(26-8-7-25-20)28(23(29)32)13-19(30)27-15-5-6-17-18(11-15)34-10-9-33-17/h1-8,11H,9-10,12-13H2,(H,27,30). The van der Waals surface area contributed by atoms with E-state index in [2.05, 4.69) is 15.3 Å². The van der Waals surface area contributed by atoms with Crippen LogP contribution in [0.15, 0.2) is 64.4 Å². The van der Waals surface area contributed by atoms with Gasteiger partial charge in [-0.15, -0.1) is 0 Å². The van der Waals surface area contributed by atoms with Gasteiger partial charge in [-0.05, 0) is 23.8 Å². The number of anilines is 1. The molecule has 10 nitrogen and oxygen atoms in total. The maximum absolute atomic E-state index is 13.3. The number of carbonyl (C=O) groups excluding carboxylic acids is 1. The van der Waals surface area contributed by atoms with E-state index < -0.39 is 17.2 Å². The molecule has 2 aromatic carbocycles. The van der Waals surface area contributed by atoms with Gasteiger partial charge in [-0.25, -0.2) is 14.8 Å². The van der Waals surface area contributed by atoms with E-state index in [9.17, 15) is 14.4 Å². The van der Waals surface area contributed by atoms with E-state index in [-0.39, 0.29) is 24.3 Å². The zero-order chi connectivity index (χ0) is 23.7. The first-order valence-corrected chi connectivity index (χ1v) is 10.8. The van der Waals surface area contributed by atoms with E-state index in [1.165, 1.54) is 12.4 Å². The van der Waals surface area contributed by atoms with E-state index in [1.54, 1.807) is 42.5 Å². The smallest absolute Gasteiger partial charge is 0.333 e. The van der Waals surface area contributed by atoms with E-state index in [0.717, 1.165) is 9.13 Å². The number of halogens is 1. The first-order chi connectivity index (χ1) is 16.5. The van der Waals surface area contributed by atoms with Gasteiger partial charge in [0, 0.05) is 29.2 Å². The average molecular weight is 480 g/mol. The van der Waals surface area contributed by atoms with Crippen LogP contribution >= 0.6 is 11.6 Å².